The van der Waals surface area contributed by atoms with Crippen molar-refractivity contribution >= 4 is 12.6 Å². The van der Waals surface area contributed by atoms with Crippen molar-refractivity contribution < 1.29 is 19.1 Å². The number of rotatable bonds is 4. The summed E-state index contributed by atoms with van der Waals surface area (Å²) in [5.74, 6) is 0.253. The van der Waals surface area contributed by atoms with Crippen LogP contribution in [0.5, 0.6) is 11.5 Å². The zero-order chi connectivity index (χ0) is 15.7. The monoisotopic (exact) mass is 296 g/mol. The molecule has 0 fully saturated rings. The van der Waals surface area contributed by atoms with Crippen LogP contribution in [0.3, 0.4) is 0 Å². The molecule has 0 amide bonds. The van der Waals surface area contributed by atoms with Gasteiger partial charge in [-0.05, 0) is 23.3 Å². The lowest BCUT2D eigenvalue weighted by Crippen LogP contribution is -2.21. The van der Waals surface area contributed by atoms with Crippen LogP contribution in [-0.4, -0.2) is 26.8 Å². The molecule has 2 unspecified atom stereocenters. The van der Waals surface area contributed by atoms with Gasteiger partial charge in [-0.25, -0.2) is 0 Å². The van der Waals surface area contributed by atoms with Crippen molar-refractivity contribution in [3.05, 3.63) is 58.7 Å². The summed E-state index contributed by atoms with van der Waals surface area (Å²) in [6.07, 6.45) is 1.78. The third-order valence-electron chi connectivity index (χ3n) is 4.21. The van der Waals surface area contributed by atoms with Gasteiger partial charge in [-0.15, -0.1) is 0 Å². The second-order valence-electron chi connectivity index (χ2n) is 5.15. The molecule has 0 bridgehead atoms. The minimum absolute atomic E-state index is 0.465. The molecule has 1 aliphatic rings. The molecule has 0 aromatic heterocycles. The second kappa shape index (κ2) is 5.64. The van der Waals surface area contributed by atoms with Gasteiger partial charge < -0.3 is 19.1 Å². The van der Waals surface area contributed by atoms with Crippen LogP contribution in [0.2, 0.25) is 0 Å². The van der Waals surface area contributed by atoms with E-state index in [0.29, 0.717) is 22.6 Å². The van der Waals surface area contributed by atoms with Crippen molar-refractivity contribution in [1.29, 1.82) is 0 Å². The van der Waals surface area contributed by atoms with Gasteiger partial charge in [-0.1, -0.05) is 24.3 Å². The molecule has 2 aromatic rings. The molecule has 0 radical (unpaired) electrons. The lowest BCUT2D eigenvalue weighted by atomic mass is 9.72. The molecule has 0 saturated carbocycles. The average molecular weight is 296 g/mol. The Hall–Kier alpha value is -2.62. The summed E-state index contributed by atoms with van der Waals surface area (Å²) >= 11 is 0. The van der Waals surface area contributed by atoms with Gasteiger partial charge in [0, 0.05) is 11.1 Å². The molecular weight excluding hydrogens is 280 g/mol. The normalized spacial score (nSPS) is 18.8. The summed E-state index contributed by atoms with van der Waals surface area (Å²) in [4.78, 5) is 23.5. The quantitative estimate of drug-likeness (QED) is 0.814. The lowest BCUT2D eigenvalue weighted by molar-refractivity contribution is -0.110. The number of ether oxygens (including phenoxy) is 2. The van der Waals surface area contributed by atoms with E-state index in [2.05, 4.69) is 0 Å². The number of hydrogen-bond acceptors (Lipinski definition) is 4. The number of carbonyl (C=O) groups is 2. The molecule has 0 aliphatic heterocycles. The number of aldehydes is 2. The maximum atomic E-state index is 11.8. The molecule has 0 N–H and O–H groups in total. The Kier molecular flexibility index (Phi) is 3.67. The molecule has 0 heterocycles. The van der Waals surface area contributed by atoms with Gasteiger partial charge in [0.15, 0.2) is 0 Å². The van der Waals surface area contributed by atoms with Crippen LogP contribution >= 0.6 is 0 Å². The van der Waals surface area contributed by atoms with Crippen molar-refractivity contribution in [3.63, 3.8) is 0 Å². The maximum Gasteiger partial charge on any atom is 0.132 e. The SMILES string of the molecule is COc1ccc(OC)c2c1C(C=O)c1ccccc1C2C=O. The topological polar surface area (TPSA) is 52.6 Å². The van der Waals surface area contributed by atoms with E-state index >= 15 is 0 Å². The minimum atomic E-state index is -0.465. The second-order valence-corrected chi connectivity index (χ2v) is 5.15. The van der Waals surface area contributed by atoms with Gasteiger partial charge in [0.2, 0.25) is 0 Å². The maximum absolute atomic E-state index is 11.8. The van der Waals surface area contributed by atoms with Crippen LogP contribution in [-0.2, 0) is 9.59 Å². The van der Waals surface area contributed by atoms with E-state index in [4.69, 9.17) is 9.47 Å². The Morgan fingerprint density at radius 3 is 1.50 bits per heavy atom. The van der Waals surface area contributed by atoms with Gasteiger partial charge in [0.05, 0.1) is 26.1 Å². The van der Waals surface area contributed by atoms with Gasteiger partial charge in [0.1, 0.15) is 24.1 Å². The molecular formula is C18H16O4. The zero-order valence-electron chi connectivity index (χ0n) is 12.4. The Labute approximate surface area is 128 Å². The predicted molar refractivity (Wildman–Crippen MR) is 81.8 cm³/mol. The van der Waals surface area contributed by atoms with Crippen molar-refractivity contribution in [1.82, 2.24) is 0 Å². The summed E-state index contributed by atoms with van der Waals surface area (Å²) in [6, 6.07) is 11.0. The van der Waals surface area contributed by atoms with E-state index < -0.39 is 11.8 Å². The van der Waals surface area contributed by atoms with Crippen molar-refractivity contribution in [3.8, 4) is 11.5 Å². The first kappa shape index (κ1) is 14.3. The molecule has 112 valence electrons. The van der Waals surface area contributed by atoms with Crippen molar-refractivity contribution in [2.45, 2.75) is 11.8 Å². The number of benzene rings is 2. The van der Waals surface area contributed by atoms with Gasteiger partial charge in [-0.2, -0.15) is 0 Å². The van der Waals surface area contributed by atoms with Gasteiger partial charge in [-0.3, -0.25) is 0 Å². The molecule has 4 heteroatoms. The summed E-state index contributed by atoms with van der Waals surface area (Å²) in [7, 11) is 3.11. The molecule has 2 atom stereocenters. The molecule has 22 heavy (non-hydrogen) atoms. The lowest BCUT2D eigenvalue weighted by Gasteiger charge is -2.31. The van der Waals surface area contributed by atoms with Crippen LogP contribution in [0.4, 0.5) is 0 Å². The van der Waals surface area contributed by atoms with Crippen LogP contribution in [0, 0.1) is 0 Å². The molecule has 0 spiro atoms. The van der Waals surface area contributed by atoms with Crippen LogP contribution in [0.25, 0.3) is 0 Å². The Balaban J connectivity index is 2.39. The molecule has 0 saturated heterocycles. The smallest absolute Gasteiger partial charge is 0.132 e. The fraction of sp³-hybridized carbons (Fsp3) is 0.222. The largest absolute Gasteiger partial charge is 0.496 e. The first-order chi connectivity index (χ1) is 10.8. The summed E-state index contributed by atoms with van der Waals surface area (Å²) < 4.78 is 10.8. The number of methoxy groups -OCH3 is 2. The van der Waals surface area contributed by atoms with E-state index in [0.717, 1.165) is 23.7 Å². The fourth-order valence-corrected chi connectivity index (χ4v) is 3.27. The highest BCUT2D eigenvalue weighted by Crippen LogP contribution is 2.48. The van der Waals surface area contributed by atoms with Crippen molar-refractivity contribution in [2.24, 2.45) is 0 Å². The van der Waals surface area contributed by atoms with E-state index in [1.54, 1.807) is 26.4 Å². The molecule has 1 aliphatic carbocycles. The Bertz CT molecular complexity index is 674. The highest BCUT2D eigenvalue weighted by Gasteiger charge is 2.36. The average Bonchev–Trinajstić information content (AvgIpc) is 2.58. The van der Waals surface area contributed by atoms with Crippen molar-refractivity contribution in [2.75, 3.05) is 14.2 Å². The highest BCUT2D eigenvalue weighted by molar-refractivity contribution is 5.83. The number of carbonyl (C=O) groups excluding carboxylic acids is 2. The molecule has 3 rings (SSSR count). The summed E-state index contributed by atoms with van der Waals surface area (Å²) in [5, 5.41) is 0. The summed E-state index contributed by atoms with van der Waals surface area (Å²) in [5.41, 5.74) is 3.11. The zero-order valence-corrected chi connectivity index (χ0v) is 12.4. The Morgan fingerprint density at radius 1 is 0.773 bits per heavy atom. The minimum Gasteiger partial charge on any atom is -0.496 e. The molecule has 4 nitrogen and oxygen atoms in total. The third kappa shape index (κ3) is 1.91. The third-order valence-corrected chi connectivity index (χ3v) is 4.21. The summed E-state index contributed by atoms with van der Waals surface area (Å²) in [6.45, 7) is 0. The van der Waals surface area contributed by atoms with E-state index in [9.17, 15) is 9.59 Å². The number of fused-ring (bicyclic) bond motifs is 2. The standard InChI is InChI=1S/C18H16O4/c1-21-15-7-8-16(22-2)18-14(10-20)12-6-4-3-5-11(12)13(9-19)17(15)18/h3-10,13-14H,1-2H3. The highest BCUT2D eigenvalue weighted by atomic mass is 16.5. The van der Waals surface area contributed by atoms with Gasteiger partial charge >= 0.3 is 0 Å². The first-order valence-corrected chi connectivity index (χ1v) is 7.01. The Morgan fingerprint density at radius 2 is 1.18 bits per heavy atom. The van der Waals surface area contributed by atoms with Crippen LogP contribution in [0.15, 0.2) is 36.4 Å². The predicted octanol–water partition coefficient (Wildman–Crippen LogP) is 2.68. The van der Waals surface area contributed by atoms with Gasteiger partial charge in [0.25, 0.3) is 0 Å². The first-order valence-electron chi connectivity index (χ1n) is 7.01. The van der Waals surface area contributed by atoms with E-state index in [1.165, 1.54) is 0 Å². The van der Waals surface area contributed by atoms with E-state index in [1.807, 2.05) is 24.3 Å². The number of hydrogen-bond donors (Lipinski definition) is 0. The fourth-order valence-electron chi connectivity index (χ4n) is 3.27. The molecule has 2 aromatic carbocycles. The van der Waals surface area contributed by atoms with Crippen LogP contribution in [0.1, 0.15) is 34.1 Å². The van der Waals surface area contributed by atoms with Crippen LogP contribution < -0.4 is 9.47 Å². The van der Waals surface area contributed by atoms with E-state index in [-0.39, 0.29) is 0 Å².